The molecule has 0 amide bonds. The number of methoxy groups -OCH3 is 2. The summed E-state index contributed by atoms with van der Waals surface area (Å²) in [6, 6.07) is 23.0. The summed E-state index contributed by atoms with van der Waals surface area (Å²) < 4.78 is 102. The van der Waals surface area contributed by atoms with Crippen molar-refractivity contribution < 1.29 is 226 Å². The van der Waals surface area contributed by atoms with Crippen LogP contribution < -0.4 is 15.9 Å². The van der Waals surface area contributed by atoms with Gasteiger partial charge in [-0.1, -0.05) is 60.7 Å². The van der Waals surface area contributed by atoms with E-state index in [9.17, 15) is 124 Å². The molecule has 656 valence electrons. The number of hydrogen-bond acceptors (Lipinski definition) is 31. The number of carbonyl (C=O) groups is 14. The number of nitro benzene ring substituents is 1. The van der Waals surface area contributed by atoms with Crippen LogP contribution in [0.5, 0.6) is 5.75 Å². The van der Waals surface area contributed by atoms with Gasteiger partial charge in [0, 0.05) is 28.4 Å². The first-order valence-electron chi connectivity index (χ1n) is 31.8. The number of aliphatic carboxylic acids is 5. The van der Waals surface area contributed by atoms with Crippen molar-refractivity contribution in [1.29, 1.82) is 0 Å². The molecule has 57 heteroatoms. The van der Waals surface area contributed by atoms with Gasteiger partial charge in [0.1, 0.15) is 29.2 Å². The summed E-state index contributed by atoms with van der Waals surface area (Å²) in [5.74, 6) is -28.7. The van der Waals surface area contributed by atoms with Crippen molar-refractivity contribution in [2.45, 2.75) is 19.3 Å². The molecule has 0 heterocycles. The molecule has 10 unspecified atom stereocenters. The Hall–Kier alpha value is -10.1. The molecule has 0 aliphatic heterocycles. The number of hydrogen-bond donors (Lipinski definition) is 19. The number of carboxylic acids is 8. The molecule has 0 radical (unpaired) electrons. The molecule has 0 spiro atoms. The van der Waals surface area contributed by atoms with Crippen molar-refractivity contribution in [2.75, 3.05) is 74.1 Å². The van der Waals surface area contributed by atoms with Gasteiger partial charge >= 0.3 is 113 Å². The van der Waals surface area contributed by atoms with Gasteiger partial charge in [0.15, 0.2) is 11.7 Å². The number of Topliss-reactive ketones (excluding diaryl/α,β-unsaturated/α-hetero) is 4. The highest BCUT2D eigenvalue weighted by Gasteiger charge is 2.57. The maximum Gasteiger partial charge on any atom is 0.373 e. The van der Waals surface area contributed by atoms with E-state index in [1.54, 1.807) is 0 Å². The number of rotatable bonds is 30. The Kier molecular flexibility index (Phi) is 41.3. The normalized spacial score (nSPS) is 18.1. The lowest BCUT2D eigenvalue weighted by atomic mass is 9.87. The Balaban J connectivity index is 0.000000703. The molecular weight excluding hydrogens is 1760 g/mol. The van der Waals surface area contributed by atoms with Crippen molar-refractivity contribution in [3.05, 3.63) is 135 Å². The number of ketones is 4. The minimum absolute atomic E-state index is 0.0703. The van der Waals surface area contributed by atoms with Gasteiger partial charge in [-0.25, -0.2) is 24.0 Å². The van der Waals surface area contributed by atoms with E-state index in [1.807, 2.05) is 42.5 Å². The number of benzene rings is 5. The summed E-state index contributed by atoms with van der Waals surface area (Å²) in [5, 5.41) is 90.9. The van der Waals surface area contributed by atoms with Crippen LogP contribution in [0.3, 0.4) is 0 Å². The highest BCUT2D eigenvalue weighted by Crippen LogP contribution is 2.49. The van der Waals surface area contributed by atoms with Crippen molar-refractivity contribution >= 4 is 168 Å². The zero-order valence-corrected chi connectivity index (χ0v) is 68.0. The van der Waals surface area contributed by atoms with Gasteiger partial charge in [0.2, 0.25) is 11.6 Å². The first-order chi connectivity index (χ1) is 54.5. The second kappa shape index (κ2) is 45.9. The van der Waals surface area contributed by atoms with Gasteiger partial charge in [-0.2, -0.15) is 0 Å². The molecule has 2 aliphatic rings. The van der Waals surface area contributed by atoms with Crippen molar-refractivity contribution in [1.82, 2.24) is 4.90 Å². The summed E-state index contributed by atoms with van der Waals surface area (Å²) in [4.78, 5) is 255. The fourth-order valence-electron chi connectivity index (χ4n) is 10.4. The molecule has 0 saturated heterocycles. The Bertz CT molecular complexity index is 5040. The molecule has 0 aromatic heterocycles. The Labute approximate surface area is 666 Å². The number of carbonyl (C=O) groups excluding carboxylic acids is 6. The summed E-state index contributed by atoms with van der Waals surface area (Å²) in [7, 11) is -23.7. The molecule has 7 rings (SSSR count). The summed E-state index contributed by atoms with van der Waals surface area (Å²) in [5.41, 5.74) is -2.61. The van der Waals surface area contributed by atoms with Crippen LogP contribution in [-0.4, -0.2) is 262 Å². The zero-order valence-electron chi connectivity index (χ0n) is 61.7. The number of carboxylic acid groups (broad SMARTS) is 8. The highest BCUT2D eigenvalue weighted by molar-refractivity contribution is 7.67. The first kappa shape index (κ1) is 107. The maximum atomic E-state index is 12.2. The third-order valence-corrected chi connectivity index (χ3v) is 24.5. The molecule has 119 heavy (non-hydrogen) atoms. The number of aromatic hydroxyl groups is 1. The topological polar surface area (TPSA) is 845 Å². The molecule has 2 fully saturated rings. The molecular formula is C62H75N2O48P7. The average Bonchev–Trinajstić information content (AvgIpc) is 1.45. The fourth-order valence-corrected chi connectivity index (χ4v) is 17.6. The summed E-state index contributed by atoms with van der Waals surface area (Å²) in [6.07, 6.45) is -2.75. The molecule has 2 aliphatic carbocycles. The van der Waals surface area contributed by atoms with Gasteiger partial charge in [-0.3, -0.25) is 90.1 Å². The second-order valence-corrected chi connectivity index (χ2v) is 36.4. The molecule has 50 nitrogen and oxygen atoms in total. The van der Waals surface area contributed by atoms with E-state index in [0.717, 1.165) is 101 Å². The quantitative estimate of drug-likeness (QED) is 0.00767. The number of phenolic OH excluding ortho intramolecular Hbond substituents is 1. The number of para-hydroxylation sites is 1. The van der Waals surface area contributed by atoms with Gasteiger partial charge in [-0.05, 0) is 72.0 Å². The van der Waals surface area contributed by atoms with Gasteiger partial charge in [0.25, 0.3) is 11.5 Å². The van der Waals surface area contributed by atoms with E-state index in [-0.39, 0.29) is 18.1 Å². The third kappa shape index (κ3) is 32.9. The van der Waals surface area contributed by atoms with Crippen molar-refractivity contribution in [3.63, 3.8) is 0 Å². The fraction of sp³-hybridized carbons (Fsp3) is 0.323. The Morgan fingerprint density at radius 1 is 0.513 bits per heavy atom. The standard InChI is InChI=1S/C19H14O6.C10H12O8.C10H8O7.C8H8NO7P.C7H10O6P2.C5H13NO8P2.C3H10O6P2/c20-15-13(16(21)17(22)14(15)18(23)19(24)25)9-8-11-6-3-5-10-4-1-2-7-12(10)11;1-18-10(17)4-2-3(7(11)12)5(8(13)14)6(4)9(15)16;1-17-10(16)6-3-4(11)2-5(8(12)13)7(6)9(14)15;1-16-17(14,15)6-4-2-3-5(8(10)11)7(6)9(12)13;1-13-15(11,12)7-5-3-2-4-6(7)14(8,9)10;1-14-16(12,13)4-6(2-5(7)8)3-15(9,10)11;1-9-11(7,8)3-2-10(4,5)6/h1-7,13-14H,8-9H2,(H,24,25);3-6H,2H2,1H3,(H,11,12)(H,13,14)(H,15,16);2-3,11H,1H3,(H,12,13)(H,14,15);2-4H,1H3,(H,10,11)(H,14,15);2-5H,1H3,(H,11,12)(H2,8,9,10);2-4H2,1H3,(H,7,8)(H,12,13)(H2,9,10,11);2-3H2,1H3,(H,7,8)(H2,4,5,6). The highest BCUT2D eigenvalue weighted by atomic mass is 31.2. The van der Waals surface area contributed by atoms with E-state index in [2.05, 4.69) is 27.6 Å². The summed E-state index contributed by atoms with van der Waals surface area (Å²) in [6.45, 7) is -0.765. The number of aromatic carboxylic acids is 3. The minimum Gasteiger partial charge on any atom is -0.508 e. The zero-order chi connectivity index (χ0) is 92.3. The van der Waals surface area contributed by atoms with Crippen LogP contribution in [0, 0.1) is 45.6 Å². The SMILES string of the molecule is COC(=O)C1CC(C(=O)O)C(C(=O)O)C1C(=O)O.COC(=O)c1cc(O)cc(C(=O)O)c1C(=O)O.COP(=O)(O)CCP(=O)(O)O.COP(=O)(O)CN(CC(=O)O)CP(=O)(O)O.COP(=O)(O)c1cccc(C(=O)O)c1[N+](=O)[O-].COP(=O)(O)c1ccccc1P(=O)(O)O.O=C(O)C(=O)C1C(=O)C(=O)C(CCc2cccc3ccccc23)C1=O. The van der Waals surface area contributed by atoms with Crippen LogP contribution in [-0.2, 0) is 114 Å². The number of phenols is 1. The largest absolute Gasteiger partial charge is 0.508 e. The second-order valence-electron chi connectivity index (χ2n) is 23.6. The number of aryl methyl sites for hydroxylation is 1. The predicted octanol–water partition coefficient (Wildman–Crippen LogP) is 1.23. The molecule has 0 bridgehead atoms. The molecule has 10 atom stereocenters. The number of nitrogens with zero attached hydrogens (tertiary/aromatic N) is 2. The Morgan fingerprint density at radius 3 is 1.43 bits per heavy atom. The minimum atomic E-state index is -4.58. The lowest BCUT2D eigenvalue weighted by Crippen LogP contribution is -2.35. The monoisotopic (exact) mass is 1830 g/mol. The van der Waals surface area contributed by atoms with Crippen molar-refractivity contribution in [3.8, 4) is 5.75 Å². The first-order valence-corrected chi connectivity index (χ1v) is 43.7. The van der Waals surface area contributed by atoms with Gasteiger partial charge < -0.3 is 122 Å². The van der Waals surface area contributed by atoms with Gasteiger partial charge in [0.05, 0.1) is 94.9 Å². The number of nitro groups is 1. The predicted molar refractivity (Wildman–Crippen MR) is 396 cm³/mol. The number of ether oxygens (including phenoxy) is 2. The average molecular weight is 1830 g/mol. The van der Waals surface area contributed by atoms with Crippen LogP contribution >= 0.6 is 53.2 Å². The lowest BCUT2D eigenvalue weighted by molar-refractivity contribution is -0.384. The third-order valence-electron chi connectivity index (χ3n) is 15.7. The number of esters is 2. The van der Waals surface area contributed by atoms with Crippen LogP contribution in [0.1, 0.15) is 59.8 Å². The van der Waals surface area contributed by atoms with E-state index < -0.39 is 252 Å². The van der Waals surface area contributed by atoms with Crippen molar-refractivity contribution in [2.24, 2.45) is 35.5 Å². The van der Waals surface area contributed by atoms with Gasteiger partial charge in [-0.15, -0.1) is 0 Å². The van der Waals surface area contributed by atoms with E-state index in [0.29, 0.717) is 11.3 Å². The van der Waals surface area contributed by atoms with Crippen LogP contribution in [0.4, 0.5) is 5.69 Å². The smallest absolute Gasteiger partial charge is 0.373 e. The van der Waals surface area contributed by atoms with Crippen LogP contribution in [0.2, 0.25) is 0 Å². The molecule has 5 aromatic carbocycles. The summed E-state index contributed by atoms with van der Waals surface area (Å²) >= 11 is 0. The molecule has 2 saturated carbocycles. The van der Waals surface area contributed by atoms with E-state index in [1.165, 1.54) is 12.1 Å². The Morgan fingerprint density at radius 2 is 0.992 bits per heavy atom. The van der Waals surface area contributed by atoms with E-state index >= 15 is 0 Å². The number of fused-ring (bicyclic) bond motifs is 1. The lowest BCUT2D eigenvalue weighted by Gasteiger charge is -2.22. The molecule has 5 aromatic rings. The molecule has 19 N–H and O–H groups in total. The van der Waals surface area contributed by atoms with Crippen LogP contribution in [0.15, 0.2) is 97.1 Å². The van der Waals surface area contributed by atoms with E-state index in [4.69, 9.17) is 80.0 Å². The maximum absolute atomic E-state index is 12.2. The van der Waals surface area contributed by atoms with Crippen LogP contribution in [0.25, 0.3) is 10.8 Å².